The van der Waals surface area contributed by atoms with Crippen molar-refractivity contribution in [2.75, 3.05) is 12.4 Å². The number of anilines is 1. The summed E-state index contributed by atoms with van der Waals surface area (Å²) in [6.45, 7) is 8.64. The molecule has 0 saturated carbocycles. The van der Waals surface area contributed by atoms with Crippen LogP contribution in [-0.2, 0) is 4.79 Å². The van der Waals surface area contributed by atoms with Crippen molar-refractivity contribution in [2.24, 2.45) is 0 Å². The van der Waals surface area contributed by atoms with E-state index in [9.17, 15) is 5.11 Å². The number of aromatic hydroxyl groups is 1. The number of hydrogen-bond donors (Lipinski definition) is 4. The van der Waals surface area contributed by atoms with Crippen LogP contribution in [-0.4, -0.2) is 60.9 Å². The second kappa shape index (κ2) is 10.6. The van der Waals surface area contributed by atoms with E-state index in [0.29, 0.717) is 28.9 Å². The number of hydrogen-bond acceptors (Lipinski definition) is 9. The van der Waals surface area contributed by atoms with Crippen LogP contribution < -0.4 is 15.4 Å². The van der Waals surface area contributed by atoms with E-state index < -0.39 is 0 Å². The first kappa shape index (κ1) is 25.8. The molecule has 0 unspecified atom stereocenters. The number of aromatic nitrogens is 4. The summed E-state index contributed by atoms with van der Waals surface area (Å²) in [6.07, 6.45) is 6.83. The first-order valence-corrected chi connectivity index (χ1v) is 11.2. The third-order valence-electron chi connectivity index (χ3n) is 5.61. The second-order valence-electron chi connectivity index (χ2n) is 9.71. The molecule has 10 nitrogen and oxygen atoms in total. The van der Waals surface area contributed by atoms with Gasteiger partial charge in [-0.3, -0.25) is 9.78 Å². The van der Waals surface area contributed by atoms with Gasteiger partial charge in [0, 0.05) is 34.3 Å². The standard InChI is InChI=1S/C24H30N6O2.CH2O2/c1-23(2)10-16(11-24(3,4)30-23)29-21-13-25-19(12-26-21)17-7-6-15(8-20(17)31)18-9-22(32-5)28-14-27-18;2-1-3/h6-9,12-14,16,30-31H,10-11H2,1-5H3,(H,26,29);1H,(H,2,3). The Morgan fingerprint density at radius 1 is 1.03 bits per heavy atom. The molecule has 4 rings (SSSR count). The number of phenolic OH excluding ortho intramolecular Hbond substituents is 1. The number of rotatable bonds is 5. The van der Waals surface area contributed by atoms with E-state index in [1.807, 2.05) is 12.1 Å². The van der Waals surface area contributed by atoms with Crippen LogP contribution in [0.2, 0.25) is 0 Å². The topological polar surface area (TPSA) is 142 Å². The molecule has 3 heterocycles. The fraction of sp³-hybridized carbons (Fsp3) is 0.400. The highest BCUT2D eigenvalue weighted by atomic mass is 16.5. The summed E-state index contributed by atoms with van der Waals surface area (Å²) in [7, 11) is 1.55. The summed E-state index contributed by atoms with van der Waals surface area (Å²) < 4.78 is 5.15. The number of nitrogens with zero attached hydrogens (tertiary/aromatic N) is 4. The first-order valence-electron chi connectivity index (χ1n) is 11.2. The molecule has 2 aromatic heterocycles. The van der Waals surface area contributed by atoms with E-state index in [-0.39, 0.29) is 23.3 Å². The lowest BCUT2D eigenvalue weighted by Crippen LogP contribution is -2.60. The van der Waals surface area contributed by atoms with Gasteiger partial charge in [-0.25, -0.2) is 15.0 Å². The lowest BCUT2D eigenvalue weighted by molar-refractivity contribution is -0.122. The summed E-state index contributed by atoms with van der Waals surface area (Å²) in [6, 6.07) is 7.37. The fourth-order valence-corrected chi connectivity index (χ4v) is 4.69. The maximum absolute atomic E-state index is 10.6. The van der Waals surface area contributed by atoms with E-state index >= 15 is 0 Å². The van der Waals surface area contributed by atoms with Gasteiger partial charge in [-0.05, 0) is 52.7 Å². The molecule has 10 heteroatoms. The number of carboxylic acid groups (broad SMARTS) is 1. The molecule has 1 aliphatic rings. The van der Waals surface area contributed by atoms with Gasteiger partial charge in [-0.15, -0.1) is 0 Å². The summed E-state index contributed by atoms with van der Waals surface area (Å²) in [4.78, 5) is 25.7. The van der Waals surface area contributed by atoms with Crippen molar-refractivity contribution in [1.82, 2.24) is 25.3 Å². The lowest BCUT2D eigenvalue weighted by Gasteiger charge is -2.46. The Morgan fingerprint density at radius 3 is 2.29 bits per heavy atom. The summed E-state index contributed by atoms with van der Waals surface area (Å²) in [5, 5.41) is 24.7. The zero-order valence-electron chi connectivity index (χ0n) is 20.6. The molecule has 1 aliphatic heterocycles. The van der Waals surface area contributed by atoms with Crippen LogP contribution >= 0.6 is 0 Å². The highest BCUT2D eigenvalue weighted by molar-refractivity contribution is 5.73. The zero-order valence-corrected chi connectivity index (χ0v) is 20.6. The van der Waals surface area contributed by atoms with Crippen LogP contribution in [0.3, 0.4) is 0 Å². The van der Waals surface area contributed by atoms with E-state index in [0.717, 1.165) is 24.2 Å². The molecule has 0 radical (unpaired) electrons. The maximum atomic E-state index is 10.6. The van der Waals surface area contributed by atoms with Gasteiger partial charge < -0.3 is 25.6 Å². The molecule has 0 spiro atoms. The van der Waals surface area contributed by atoms with Gasteiger partial charge in [0.25, 0.3) is 6.47 Å². The molecular formula is C25H32N6O4. The lowest BCUT2D eigenvalue weighted by atomic mass is 9.79. The molecule has 0 atom stereocenters. The third-order valence-corrected chi connectivity index (χ3v) is 5.61. The van der Waals surface area contributed by atoms with Crippen molar-refractivity contribution in [1.29, 1.82) is 0 Å². The number of benzene rings is 1. The Bertz CT molecular complexity index is 1130. The quantitative estimate of drug-likeness (QED) is 0.399. The van der Waals surface area contributed by atoms with Crippen molar-refractivity contribution in [3.05, 3.63) is 43.0 Å². The predicted octanol–water partition coefficient (Wildman–Crippen LogP) is 3.74. The van der Waals surface area contributed by atoms with Crippen LogP contribution in [0, 0.1) is 0 Å². The molecule has 186 valence electrons. The summed E-state index contributed by atoms with van der Waals surface area (Å²) >= 11 is 0. The van der Waals surface area contributed by atoms with Crippen LogP contribution in [0.25, 0.3) is 22.5 Å². The number of carbonyl (C=O) groups is 1. The van der Waals surface area contributed by atoms with Crippen molar-refractivity contribution in [2.45, 2.75) is 57.7 Å². The molecular weight excluding hydrogens is 448 g/mol. The molecule has 4 N–H and O–H groups in total. The largest absolute Gasteiger partial charge is 0.507 e. The Labute approximate surface area is 204 Å². The second-order valence-corrected chi connectivity index (χ2v) is 9.71. The van der Waals surface area contributed by atoms with Crippen LogP contribution in [0.4, 0.5) is 5.82 Å². The van der Waals surface area contributed by atoms with Gasteiger partial charge in [0.2, 0.25) is 5.88 Å². The highest BCUT2D eigenvalue weighted by Gasteiger charge is 2.37. The Morgan fingerprint density at radius 2 is 1.71 bits per heavy atom. The average Bonchev–Trinajstić information content (AvgIpc) is 2.78. The monoisotopic (exact) mass is 480 g/mol. The zero-order chi connectivity index (χ0) is 25.6. The molecule has 0 amide bonds. The Hall–Kier alpha value is -3.79. The fourth-order valence-electron chi connectivity index (χ4n) is 4.69. The third kappa shape index (κ3) is 6.86. The summed E-state index contributed by atoms with van der Waals surface area (Å²) in [5.41, 5.74) is 2.73. The van der Waals surface area contributed by atoms with Crippen molar-refractivity contribution in [3.8, 4) is 34.1 Å². The van der Waals surface area contributed by atoms with E-state index in [1.165, 1.54) is 6.33 Å². The molecule has 1 aromatic carbocycles. The molecule has 0 aliphatic carbocycles. The SMILES string of the molecule is COc1cc(-c2ccc(-c3cnc(NC4CC(C)(C)NC(C)(C)C4)cn3)c(O)c2)ncn1.O=CO. The number of methoxy groups -OCH3 is 1. The number of ether oxygens (including phenoxy) is 1. The minimum absolute atomic E-state index is 0.0496. The van der Waals surface area contributed by atoms with Gasteiger partial charge in [-0.1, -0.05) is 6.07 Å². The molecule has 0 bridgehead atoms. The number of phenols is 1. The normalized spacial score (nSPS) is 16.5. The Kier molecular flexibility index (Phi) is 7.85. The van der Waals surface area contributed by atoms with Crippen LogP contribution in [0.15, 0.2) is 43.0 Å². The van der Waals surface area contributed by atoms with Gasteiger partial charge in [-0.2, -0.15) is 0 Å². The Balaban J connectivity index is 0.00000108. The van der Waals surface area contributed by atoms with Crippen molar-refractivity contribution >= 4 is 12.3 Å². The highest BCUT2D eigenvalue weighted by Crippen LogP contribution is 2.33. The molecule has 1 fully saturated rings. The minimum atomic E-state index is -0.250. The van der Waals surface area contributed by atoms with Crippen molar-refractivity contribution < 1.29 is 19.7 Å². The van der Waals surface area contributed by atoms with Gasteiger partial charge in [0.15, 0.2) is 0 Å². The molecule has 1 saturated heterocycles. The minimum Gasteiger partial charge on any atom is -0.507 e. The molecule has 35 heavy (non-hydrogen) atoms. The summed E-state index contributed by atoms with van der Waals surface area (Å²) in [5.74, 6) is 1.31. The van der Waals surface area contributed by atoms with Gasteiger partial charge >= 0.3 is 0 Å². The van der Waals surface area contributed by atoms with Crippen LogP contribution in [0.5, 0.6) is 11.6 Å². The number of piperidine rings is 1. The van der Waals surface area contributed by atoms with Gasteiger partial charge in [0.1, 0.15) is 17.9 Å². The maximum Gasteiger partial charge on any atom is 0.290 e. The van der Waals surface area contributed by atoms with E-state index in [1.54, 1.807) is 31.6 Å². The van der Waals surface area contributed by atoms with Crippen molar-refractivity contribution in [3.63, 3.8) is 0 Å². The van der Waals surface area contributed by atoms with E-state index in [4.69, 9.17) is 14.6 Å². The average molecular weight is 481 g/mol. The first-order chi connectivity index (χ1) is 16.6. The smallest absolute Gasteiger partial charge is 0.290 e. The van der Waals surface area contributed by atoms with Gasteiger partial charge in [0.05, 0.1) is 30.9 Å². The molecule has 3 aromatic rings. The number of nitrogens with one attached hydrogen (secondary N) is 2. The van der Waals surface area contributed by atoms with E-state index in [2.05, 4.69) is 58.3 Å². The van der Waals surface area contributed by atoms with Crippen LogP contribution in [0.1, 0.15) is 40.5 Å². The predicted molar refractivity (Wildman–Crippen MR) is 133 cm³/mol.